The van der Waals surface area contributed by atoms with Crippen molar-refractivity contribution in [3.05, 3.63) is 72.2 Å². The number of benzene rings is 1. The molecule has 2 aromatic heterocycles. The largest absolute Gasteiger partial charge is 0.357 e. The Hall–Kier alpha value is -3.81. The number of nitrogens with zero attached hydrogens (tertiary/aromatic N) is 3. The first-order valence-electron chi connectivity index (χ1n) is 10.6. The Bertz CT molecular complexity index is 1140. The van der Waals surface area contributed by atoms with E-state index in [0.29, 0.717) is 31.5 Å². The second-order valence-corrected chi connectivity index (χ2v) is 7.90. The van der Waals surface area contributed by atoms with Crippen molar-refractivity contribution in [3.63, 3.8) is 0 Å². The van der Waals surface area contributed by atoms with E-state index in [9.17, 15) is 14.4 Å². The van der Waals surface area contributed by atoms with Crippen LogP contribution < -0.4 is 10.6 Å². The monoisotopic (exact) mass is 431 g/mol. The fourth-order valence-electron chi connectivity index (χ4n) is 4.16. The number of carbonyl (C=O) groups is 3. The van der Waals surface area contributed by atoms with Gasteiger partial charge in [0.25, 0.3) is 5.91 Å². The minimum absolute atomic E-state index is 0.00885. The van der Waals surface area contributed by atoms with E-state index in [0.717, 1.165) is 16.5 Å². The maximum Gasteiger partial charge on any atom is 0.253 e. The van der Waals surface area contributed by atoms with E-state index in [1.54, 1.807) is 36.5 Å². The number of hydrogen-bond acceptors (Lipinski definition) is 5. The average molecular weight is 431 g/mol. The summed E-state index contributed by atoms with van der Waals surface area (Å²) >= 11 is 0. The van der Waals surface area contributed by atoms with Gasteiger partial charge in [0.15, 0.2) is 0 Å². The number of fused-ring (bicyclic) bond motifs is 1. The molecule has 32 heavy (non-hydrogen) atoms. The molecule has 0 bridgehead atoms. The summed E-state index contributed by atoms with van der Waals surface area (Å²) in [5.41, 5.74) is 1.10. The molecule has 0 atom stereocenters. The molecule has 1 aliphatic heterocycles. The molecule has 1 fully saturated rings. The van der Waals surface area contributed by atoms with Crippen LogP contribution in [-0.2, 0) is 16.0 Å². The van der Waals surface area contributed by atoms with Crippen LogP contribution in [0.5, 0.6) is 0 Å². The zero-order valence-corrected chi connectivity index (χ0v) is 17.9. The number of likely N-dealkylation sites (N-methyl/N-ethyl adjacent to an activating group) is 1. The first-order valence-corrected chi connectivity index (χ1v) is 10.6. The van der Waals surface area contributed by atoms with Crippen LogP contribution in [-0.4, -0.2) is 58.3 Å². The van der Waals surface area contributed by atoms with Crippen molar-refractivity contribution >= 4 is 28.6 Å². The lowest BCUT2D eigenvalue weighted by molar-refractivity contribution is -0.136. The lowest BCUT2D eigenvalue weighted by atomic mass is 9.85. The van der Waals surface area contributed by atoms with Crippen LogP contribution in [0.3, 0.4) is 0 Å². The van der Waals surface area contributed by atoms with E-state index in [2.05, 4.69) is 20.6 Å². The fraction of sp³-hybridized carbons (Fsp3) is 0.292. The van der Waals surface area contributed by atoms with Gasteiger partial charge in [-0.05, 0) is 42.7 Å². The van der Waals surface area contributed by atoms with Crippen LogP contribution in [0.2, 0.25) is 0 Å². The second kappa shape index (κ2) is 9.13. The molecule has 3 amide bonds. The highest BCUT2D eigenvalue weighted by Crippen LogP contribution is 2.25. The van der Waals surface area contributed by atoms with Gasteiger partial charge >= 0.3 is 0 Å². The lowest BCUT2D eigenvalue weighted by Gasteiger charge is -2.41. The Labute approximate surface area is 186 Å². The van der Waals surface area contributed by atoms with Crippen molar-refractivity contribution in [2.24, 2.45) is 0 Å². The number of amides is 3. The summed E-state index contributed by atoms with van der Waals surface area (Å²) in [7, 11) is 1.55. The Balaban J connectivity index is 1.46. The van der Waals surface area contributed by atoms with Gasteiger partial charge in [0, 0.05) is 44.1 Å². The van der Waals surface area contributed by atoms with Gasteiger partial charge in [-0.15, -0.1) is 0 Å². The maximum absolute atomic E-state index is 13.0. The number of rotatable bonds is 5. The third-order valence-corrected chi connectivity index (χ3v) is 5.99. The number of nitrogens with one attached hydrogen (secondary N) is 2. The summed E-state index contributed by atoms with van der Waals surface area (Å²) in [4.78, 5) is 48.5. The maximum atomic E-state index is 13.0. The van der Waals surface area contributed by atoms with Crippen LogP contribution >= 0.6 is 0 Å². The van der Waals surface area contributed by atoms with Gasteiger partial charge in [0.2, 0.25) is 11.8 Å². The highest BCUT2D eigenvalue weighted by atomic mass is 16.2. The van der Waals surface area contributed by atoms with Crippen LogP contribution in [0.4, 0.5) is 0 Å². The number of para-hydroxylation sites is 1. The third-order valence-electron chi connectivity index (χ3n) is 5.99. The molecule has 3 heterocycles. The molecule has 0 unspecified atom stereocenters. The number of piperidine rings is 1. The molecule has 1 aliphatic rings. The number of likely N-dealkylation sites (tertiary alicyclic amines) is 1. The lowest BCUT2D eigenvalue weighted by Crippen LogP contribution is -2.63. The zero-order chi connectivity index (χ0) is 22.6. The van der Waals surface area contributed by atoms with Gasteiger partial charge < -0.3 is 15.5 Å². The van der Waals surface area contributed by atoms with Crippen LogP contribution in [0, 0.1) is 0 Å². The molecule has 8 heteroatoms. The number of hydrogen-bond donors (Lipinski definition) is 2. The Kier molecular flexibility index (Phi) is 6.11. The Morgan fingerprint density at radius 3 is 2.53 bits per heavy atom. The highest BCUT2D eigenvalue weighted by molar-refractivity contribution is 5.99. The van der Waals surface area contributed by atoms with E-state index in [4.69, 9.17) is 0 Å². The SMILES string of the molecule is CNC(=O)C1(NC(=O)c2cccnc2)CCN(C(=O)Cc2ccnc3ccccc23)CC1. The van der Waals surface area contributed by atoms with Crippen molar-refractivity contribution in [3.8, 4) is 0 Å². The standard InChI is InChI=1S/C24H25N5O3/c1-25-23(32)24(28-22(31)18-5-4-11-26-16-18)9-13-29(14-10-24)21(30)15-17-8-12-27-20-7-3-2-6-19(17)20/h2-8,11-12,16H,9-10,13-15H2,1H3,(H,25,32)(H,28,31). The van der Waals surface area contributed by atoms with Crippen LogP contribution in [0.1, 0.15) is 28.8 Å². The van der Waals surface area contributed by atoms with Gasteiger partial charge in [-0.25, -0.2) is 0 Å². The van der Waals surface area contributed by atoms with E-state index in [-0.39, 0.29) is 24.1 Å². The van der Waals surface area contributed by atoms with Gasteiger partial charge in [0.1, 0.15) is 5.54 Å². The van der Waals surface area contributed by atoms with Crippen molar-refractivity contribution in [2.75, 3.05) is 20.1 Å². The predicted molar refractivity (Wildman–Crippen MR) is 120 cm³/mol. The van der Waals surface area contributed by atoms with Gasteiger partial charge in [-0.2, -0.15) is 0 Å². The average Bonchev–Trinajstić information content (AvgIpc) is 2.84. The first kappa shape index (κ1) is 21.4. The van der Waals surface area contributed by atoms with Crippen LogP contribution in [0.15, 0.2) is 61.1 Å². The normalized spacial score (nSPS) is 15.2. The van der Waals surface area contributed by atoms with Crippen molar-refractivity contribution in [2.45, 2.75) is 24.8 Å². The topological polar surface area (TPSA) is 104 Å². The molecule has 8 nitrogen and oxygen atoms in total. The van der Waals surface area contributed by atoms with Crippen molar-refractivity contribution in [1.82, 2.24) is 25.5 Å². The summed E-state index contributed by atoms with van der Waals surface area (Å²) < 4.78 is 0. The van der Waals surface area contributed by atoms with Crippen molar-refractivity contribution < 1.29 is 14.4 Å². The fourth-order valence-corrected chi connectivity index (χ4v) is 4.16. The van der Waals surface area contributed by atoms with E-state index >= 15 is 0 Å². The van der Waals surface area contributed by atoms with Gasteiger partial charge in [0.05, 0.1) is 17.5 Å². The summed E-state index contributed by atoms with van der Waals surface area (Å²) in [6, 6.07) is 12.9. The smallest absolute Gasteiger partial charge is 0.253 e. The quantitative estimate of drug-likeness (QED) is 0.640. The molecule has 1 aromatic carbocycles. The molecule has 0 spiro atoms. The molecule has 0 radical (unpaired) electrons. The van der Waals surface area contributed by atoms with Gasteiger partial charge in [-0.3, -0.25) is 24.4 Å². The molecular formula is C24H25N5O3. The molecule has 1 saturated heterocycles. The zero-order valence-electron chi connectivity index (χ0n) is 17.9. The van der Waals surface area contributed by atoms with Crippen LogP contribution in [0.25, 0.3) is 10.9 Å². The summed E-state index contributed by atoms with van der Waals surface area (Å²) in [5.74, 6) is -0.628. The molecule has 3 aromatic rings. The predicted octanol–water partition coefficient (Wildman–Crippen LogP) is 1.71. The summed E-state index contributed by atoms with van der Waals surface area (Å²) in [6.07, 6.45) is 5.69. The van der Waals surface area contributed by atoms with Crippen molar-refractivity contribution in [1.29, 1.82) is 0 Å². The van der Waals surface area contributed by atoms with E-state index < -0.39 is 5.54 Å². The highest BCUT2D eigenvalue weighted by Gasteiger charge is 2.43. The summed E-state index contributed by atoms with van der Waals surface area (Å²) in [5, 5.41) is 6.51. The molecule has 4 rings (SSSR count). The van der Waals surface area contributed by atoms with Gasteiger partial charge in [-0.1, -0.05) is 18.2 Å². The molecule has 2 N–H and O–H groups in total. The molecule has 0 aliphatic carbocycles. The molecule has 0 saturated carbocycles. The van der Waals surface area contributed by atoms with E-state index in [1.807, 2.05) is 30.3 Å². The first-order chi connectivity index (χ1) is 15.5. The summed E-state index contributed by atoms with van der Waals surface area (Å²) in [6.45, 7) is 0.755. The Morgan fingerprint density at radius 1 is 1.03 bits per heavy atom. The number of carbonyl (C=O) groups excluding carboxylic acids is 3. The molecular weight excluding hydrogens is 406 g/mol. The second-order valence-electron chi connectivity index (χ2n) is 7.90. The molecule has 164 valence electrons. The number of aromatic nitrogens is 2. The van der Waals surface area contributed by atoms with E-state index in [1.165, 1.54) is 6.20 Å². The third kappa shape index (κ3) is 4.30. The Morgan fingerprint density at radius 2 is 1.81 bits per heavy atom. The minimum atomic E-state index is -1.07. The minimum Gasteiger partial charge on any atom is -0.357 e. The number of pyridine rings is 2.